The van der Waals surface area contributed by atoms with Gasteiger partial charge < -0.3 is 14.8 Å². The Balaban J connectivity index is 2.12. The largest absolute Gasteiger partial charge is 0.493 e. The molecule has 0 bridgehead atoms. The molecule has 2 rings (SSSR count). The highest BCUT2D eigenvalue weighted by Gasteiger charge is 2.09. The summed E-state index contributed by atoms with van der Waals surface area (Å²) in [6.45, 7) is 4.60. The van der Waals surface area contributed by atoms with Crippen LogP contribution in [0.15, 0.2) is 36.7 Å². The second-order valence-electron chi connectivity index (χ2n) is 5.08. The monoisotopic (exact) mass is 286 g/mol. The van der Waals surface area contributed by atoms with E-state index < -0.39 is 0 Å². The van der Waals surface area contributed by atoms with Crippen molar-refractivity contribution in [3.05, 3.63) is 53.3 Å². The maximum absolute atomic E-state index is 5.85. The molecule has 1 unspecified atom stereocenters. The number of aryl methyl sites for hydroxylation is 1. The van der Waals surface area contributed by atoms with Crippen molar-refractivity contribution in [3.8, 4) is 11.5 Å². The maximum atomic E-state index is 5.85. The Bertz CT molecular complexity index is 599. The van der Waals surface area contributed by atoms with Crippen LogP contribution in [0.2, 0.25) is 0 Å². The van der Waals surface area contributed by atoms with Gasteiger partial charge in [-0.1, -0.05) is 6.07 Å². The molecule has 0 saturated carbocycles. The van der Waals surface area contributed by atoms with Gasteiger partial charge in [0, 0.05) is 24.0 Å². The van der Waals surface area contributed by atoms with E-state index in [0.717, 1.165) is 22.6 Å². The molecule has 21 heavy (non-hydrogen) atoms. The summed E-state index contributed by atoms with van der Waals surface area (Å²) < 4.78 is 11.3. The molecule has 1 atom stereocenters. The van der Waals surface area contributed by atoms with Crippen LogP contribution in [-0.4, -0.2) is 19.1 Å². The van der Waals surface area contributed by atoms with E-state index in [1.54, 1.807) is 7.11 Å². The second kappa shape index (κ2) is 7.09. The lowest BCUT2D eigenvalue weighted by atomic mass is 10.1. The molecule has 4 nitrogen and oxygen atoms in total. The first-order chi connectivity index (χ1) is 10.1. The molecule has 0 spiro atoms. The van der Waals surface area contributed by atoms with Crippen molar-refractivity contribution >= 4 is 0 Å². The molecule has 0 aliphatic rings. The molecule has 4 heteroatoms. The molecule has 1 heterocycles. The summed E-state index contributed by atoms with van der Waals surface area (Å²) in [4.78, 5) is 4.17. The lowest BCUT2D eigenvalue weighted by Crippen LogP contribution is -2.12. The molecule has 1 aromatic carbocycles. The number of nitrogens with one attached hydrogen (secondary N) is 1. The summed E-state index contributed by atoms with van der Waals surface area (Å²) in [7, 11) is 3.59. The number of aromatic nitrogens is 1. The SMILES string of the molecule is CNC(C)c1ccc(OCc2cncc(C)c2)c(OC)c1. The lowest BCUT2D eigenvalue weighted by Gasteiger charge is -2.15. The van der Waals surface area contributed by atoms with E-state index in [4.69, 9.17) is 9.47 Å². The van der Waals surface area contributed by atoms with Gasteiger partial charge in [-0.3, -0.25) is 4.98 Å². The van der Waals surface area contributed by atoms with Gasteiger partial charge in [-0.15, -0.1) is 0 Å². The van der Waals surface area contributed by atoms with E-state index in [1.807, 2.05) is 44.6 Å². The van der Waals surface area contributed by atoms with Crippen LogP contribution in [0.3, 0.4) is 0 Å². The van der Waals surface area contributed by atoms with E-state index in [9.17, 15) is 0 Å². The van der Waals surface area contributed by atoms with Gasteiger partial charge in [0.15, 0.2) is 11.5 Å². The van der Waals surface area contributed by atoms with Crippen molar-refractivity contribution in [3.63, 3.8) is 0 Å². The summed E-state index contributed by atoms with van der Waals surface area (Å²) in [5.74, 6) is 1.49. The van der Waals surface area contributed by atoms with Gasteiger partial charge >= 0.3 is 0 Å². The van der Waals surface area contributed by atoms with Crippen molar-refractivity contribution in [1.82, 2.24) is 10.3 Å². The Morgan fingerprint density at radius 1 is 1.19 bits per heavy atom. The molecule has 0 radical (unpaired) electrons. The van der Waals surface area contributed by atoms with Crippen LogP contribution in [0.25, 0.3) is 0 Å². The van der Waals surface area contributed by atoms with Gasteiger partial charge in [0.1, 0.15) is 6.61 Å². The number of methoxy groups -OCH3 is 1. The van der Waals surface area contributed by atoms with Crippen LogP contribution in [0, 0.1) is 6.92 Å². The first-order valence-corrected chi connectivity index (χ1v) is 7.02. The summed E-state index contributed by atoms with van der Waals surface area (Å²) >= 11 is 0. The third kappa shape index (κ3) is 3.95. The highest BCUT2D eigenvalue weighted by Crippen LogP contribution is 2.30. The molecule has 2 aromatic rings. The highest BCUT2D eigenvalue weighted by molar-refractivity contribution is 5.43. The number of pyridine rings is 1. The Hall–Kier alpha value is -2.07. The topological polar surface area (TPSA) is 43.4 Å². The average Bonchev–Trinajstić information content (AvgIpc) is 2.52. The summed E-state index contributed by atoms with van der Waals surface area (Å²) in [6.07, 6.45) is 3.65. The van der Waals surface area contributed by atoms with Gasteiger partial charge in [-0.05, 0) is 50.2 Å². The second-order valence-corrected chi connectivity index (χ2v) is 5.08. The van der Waals surface area contributed by atoms with E-state index in [-0.39, 0.29) is 6.04 Å². The molecule has 0 aliphatic carbocycles. The van der Waals surface area contributed by atoms with Crippen LogP contribution in [0.1, 0.15) is 29.7 Å². The Kier molecular flexibility index (Phi) is 5.17. The number of nitrogens with zero attached hydrogens (tertiary/aromatic N) is 1. The van der Waals surface area contributed by atoms with E-state index in [1.165, 1.54) is 5.56 Å². The molecule has 0 fully saturated rings. The quantitative estimate of drug-likeness (QED) is 0.885. The third-order valence-corrected chi connectivity index (χ3v) is 3.45. The van der Waals surface area contributed by atoms with E-state index in [0.29, 0.717) is 6.61 Å². The van der Waals surface area contributed by atoms with Gasteiger partial charge in [0.25, 0.3) is 0 Å². The van der Waals surface area contributed by atoms with Crippen LogP contribution in [0.4, 0.5) is 0 Å². The lowest BCUT2D eigenvalue weighted by molar-refractivity contribution is 0.283. The third-order valence-electron chi connectivity index (χ3n) is 3.45. The molecule has 0 saturated heterocycles. The fourth-order valence-electron chi connectivity index (χ4n) is 2.10. The molecule has 112 valence electrons. The molecule has 0 aliphatic heterocycles. The van der Waals surface area contributed by atoms with Crippen LogP contribution in [0.5, 0.6) is 11.5 Å². The Morgan fingerprint density at radius 2 is 2.00 bits per heavy atom. The number of hydrogen-bond donors (Lipinski definition) is 1. The smallest absolute Gasteiger partial charge is 0.161 e. The number of hydrogen-bond acceptors (Lipinski definition) is 4. The first-order valence-electron chi connectivity index (χ1n) is 7.02. The maximum Gasteiger partial charge on any atom is 0.161 e. The zero-order chi connectivity index (χ0) is 15.2. The van der Waals surface area contributed by atoms with E-state index in [2.05, 4.69) is 23.3 Å². The van der Waals surface area contributed by atoms with Crippen LogP contribution in [-0.2, 0) is 6.61 Å². The first kappa shape index (κ1) is 15.3. The fourth-order valence-corrected chi connectivity index (χ4v) is 2.10. The van der Waals surface area contributed by atoms with Crippen molar-refractivity contribution < 1.29 is 9.47 Å². The average molecular weight is 286 g/mol. The molecule has 1 aromatic heterocycles. The molecule has 1 N–H and O–H groups in total. The number of rotatable bonds is 6. The molecule has 0 amide bonds. The van der Waals surface area contributed by atoms with Gasteiger partial charge in [-0.2, -0.15) is 0 Å². The fraction of sp³-hybridized carbons (Fsp3) is 0.353. The van der Waals surface area contributed by atoms with Gasteiger partial charge in [0.05, 0.1) is 7.11 Å². The number of benzene rings is 1. The summed E-state index contributed by atoms with van der Waals surface area (Å²) in [5, 5.41) is 3.21. The minimum atomic E-state index is 0.272. The standard InChI is InChI=1S/C17H22N2O2/c1-12-7-14(10-19-9-12)11-21-16-6-5-15(13(2)18-3)8-17(16)20-4/h5-10,13,18H,11H2,1-4H3. The molecular weight excluding hydrogens is 264 g/mol. The van der Waals surface area contributed by atoms with Crippen molar-refractivity contribution in [1.29, 1.82) is 0 Å². The van der Waals surface area contributed by atoms with Crippen molar-refractivity contribution in [2.75, 3.05) is 14.2 Å². The van der Waals surface area contributed by atoms with Crippen molar-refractivity contribution in [2.45, 2.75) is 26.5 Å². The van der Waals surface area contributed by atoms with Crippen LogP contribution < -0.4 is 14.8 Å². The van der Waals surface area contributed by atoms with E-state index >= 15 is 0 Å². The normalized spacial score (nSPS) is 12.0. The zero-order valence-corrected chi connectivity index (χ0v) is 13.0. The van der Waals surface area contributed by atoms with Crippen molar-refractivity contribution in [2.24, 2.45) is 0 Å². The van der Waals surface area contributed by atoms with Gasteiger partial charge in [-0.25, -0.2) is 0 Å². The predicted octanol–water partition coefficient (Wildman–Crippen LogP) is 3.26. The molecular formula is C17H22N2O2. The number of ether oxygens (including phenoxy) is 2. The zero-order valence-electron chi connectivity index (χ0n) is 13.0. The predicted molar refractivity (Wildman–Crippen MR) is 83.8 cm³/mol. The minimum Gasteiger partial charge on any atom is -0.493 e. The Morgan fingerprint density at radius 3 is 2.67 bits per heavy atom. The highest BCUT2D eigenvalue weighted by atomic mass is 16.5. The van der Waals surface area contributed by atoms with Crippen LogP contribution >= 0.6 is 0 Å². The summed E-state index contributed by atoms with van der Waals surface area (Å²) in [6, 6.07) is 8.34. The van der Waals surface area contributed by atoms with Gasteiger partial charge in [0.2, 0.25) is 0 Å². The minimum absolute atomic E-state index is 0.272. The summed E-state index contributed by atoms with van der Waals surface area (Å²) in [5.41, 5.74) is 3.34. The Labute approximate surface area is 126 Å².